The molecule has 0 aliphatic rings. The predicted octanol–water partition coefficient (Wildman–Crippen LogP) is 6.07. The average molecular weight is 338 g/mol. The Morgan fingerprint density at radius 3 is 2.36 bits per heavy atom. The number of hydrogen-bond acceptors (Lipinski definition) is 3. The molecule has 0 fully saturated rings. The van der Waals surface area contributed by atoms with E-state index in [4.69, 9.17) is 4.43 Å². The van der Waals surface area contributed by atoms with E-state index in [0.717, 1.165) is 10.7 Å². The smallest absolute Gasteiger partial charge is 0.192 e. The summed E-state index contributed by atoms with van der Waals surface area (Å²) in [7, 11) is -1.64. The van der Waals surface area contributed by atoms with E-state index < -0.39 is 8.32 Å². The van der Waals surface area contributed by atoms with Crippen LogP contribution >= 0.6 is 11.3 Å². The molecule has 124 valence electrons. The molecule has 0 N–H and O–H groups in total. The lowest BCUT2D eigenvalue weighted by Gasteiger charge is -2.36. The van der Waals surface area contributed by atoms with Crippen LogP contribution in [0, 0.1) is 12.8 Å². The highest BCUT2D eigenvalue weighted by molar-refractivity contribution is 7.09. The third-order valence-corrected chi connectivity index (χ3v) is 10.0. The summed E-state index contributed by atoms with van der Waals surface area (Å²) in [6.45, 7) is 17.2. The van der Waals surface area contributed by atoms with E-state index in [0.29, 0.717) is 5.92 Å². The molecule has 0 radical (unpaired) electrons. The minimum Gasteiger partial charge on any atom is -0.410 e. The van der Waals surface area contributed by atoms with Crippen LogP contribution in [0.4, 0.5) is 0 Å². The van der Waals surface area contributed by atoms with E-state index in [9.17, 15) is 0 Å². The molecule has 0 aliphatic heterocycles. The first-order valence-corrected chi connectivity index (χ1v) is 11.7. The third-order valence-electron chi connectivity index (χ3n) is 4.62. The summed E-state index contributed by atoms with van der Waals surface area (Å²) in [5.74, 6) is 0.313. The van der Waals surface area contributed by atoms with Gasteiger partial charge in [0.1, 0.15) is 0 Å². The van der Waals surface area contributed by atoms with Crippen molar-refractivity contribution in [2.24, 2.45) is 5.92 Å². The van der Waals surface area contributed by atoms with Crippen molar-refractivity contribution in [3.05, 3.63) is 34.3 Å². The molecule has 2 nitrogen and oxygen atoms in total. The maximum atomic E-state index is 6.75. The molecular weight excluding hydrogens is 306 g/mol. The molecule has 0 aromatic carbocycles. The van der Waals surface area contributed by atoms with Gasteiger partial charge >= 0.3 is 0 Å². The van der Waals surface area contributed by atoms with Crippen LogP contribution in [0.5, 0.6) is 0 Å². The topological polar surface area (TPSA) is 22.1 Å². The first kappa shape index (κ1) is 19.3. The summed E-state index contributed by atoms with van der Waals surface area (Å²) in [4.78, 5) is 4.55. The van der Waals surface area contributed by atoms with Crippen molar-refractivity contribution >= 4 is 25.7 Å². The van der Waals surface area contributed by atoms with Crippen molar-refractivity contribution in [1.82, 2.24) is 4.98 Å². The van der Waals surface area contributed by atoms with Gasteiger partial charge in [-0.25, -0.2) is 4.98 Å². The van der Waals surface area contributed by atoms with Gasteiger partial charge in [-0.15, -0.1) is 17.9 Å². The molecule has 0 bridgehead atoms. The molecule has 0 spiro atoms. The quantitative estimate of drug-likeness (QED) is 0.403. The lowest BCUT2D eigenvalue weighted by atomic mass is 9.98. The van der Waals surface area contributed by atoms with Gasteiger partial charge in [0, 0.05) is 11.3 Å². The Bertz CT molecular complexity index is 497. The maximum absolute atomic E-state index is 6.75. The normalized spacial score (nSPS) is 15.6. The van der Waals surface area contributed by atoms with E-state index in [1.54, 1.807) is 11.3 Å². The van der Waals surface area contributed by atoms with Crippen molar-refractivity contribution in [3.63, 3.8) is 0 Å². The number of nitrogens with zero attached hydrogens (tertiary/aromatic N) is 1. The van der Waals surface area contributed by atoms with Gasteiger partial charge in [-0.05, 0) is 43.6 Å². The van der Waals surface area contributed by atoms with Gasteiger partial charge < -0.3 is 4.43 Å². The summed E-state index contributed by atoms with van der Waals surface area (Å²) >= 11 is 1.69. The molecule has 1 heterocycles. The maximum Gasteiger partial charge on any atom is 0.192 e. The fraction of sp³-hybridized carbons (Fsp3) is 0.611. The van der Waals surface area contributed by atoms with Gasteiger partial charge in [0.05, 0.1) is 16.8 Å². The Labute approximate surface area is 141 Å². The summed E-state index contributed by atoms with van der Waals surface area (Å²) in [6.07, 6.45) is 4.30. The second kappa shape index (κ2) is 8.80. The minimum absolute atomic E-state index is 0.117. The van der Waals surface area contributed by atoms with Gasteiger partial charge in [0.25, 0.3) is 0 Å². The Morgan fingerprint density at radius 2 is 1.95 bits per heavy atom. The second-order valence-corrected chi connectivity index (χ2v) is 11.8. The Hall–Kier alpha value is -0.713. The minimum atomic E-state index is -1.64. The van der Waals surface area contributed by atoms with Gasteiger partial charge in [-0.3, -0.25) is 0 Å². The van der Waals surface area contributed by atoms with E-state index in [1.165, 1.54) is 23.7 Å². The van der Waals surface area contributed by atoms with Crippen molar-refractivity contribution in [1.29, 1.82) is 0 Å². The van der Waals surface area contributed by atoms with Crippen LogP contribution < -0.4 is 0 Å². The Morgan fingerprint density at radius 1 is 1.36 bits per heavy atom. The molecule has 1 aromatic rings. The van der Waals surface area contributed by atoms with Crippen molar-refractivity contribution in [3.8, 4) is 0 Å². The Kier molecular flexibility index (Phi) is 7.73. The molecule has 2 atom stereocenters. The van der Waals surface area contributed by atoms with Gasteiger partial charge in [0.2, 0.25) is 0 Å². The largest absolute Gasteiger partial charge is 0.410 e. The Balaban J connectivity index is 3.06. The lowest BCUT2D eigenvalue weighted by molar-refractivity contribution is 0.185. The predicted molar refractivity (Wildman–Crippen MR) is 102 cm³/mol. The highest BCUT2D eigenvalue weighted by Gasteiger charge is 2.33. The van der Waals surface area contributed by atoms with Crippen LogP contribution in [0.3, 0.4) is 0 Å². The molecule has 0 saturated heterocycles. The summed E-state index contributed by atoms with van der Waals surface area (Å²) in [5, 5.41) is 3.21. The van der Waals surface area contributed by atoms with Crippen molar-refractivity contribution < 1.29 is 4.43 Å². The van der Waals surface area contributed by atoms with E-state index in [1.807, 2.05) is 13.0 Å². The molecular formula is C18H31NOSSi. The molecule has 0 amide bonds. The fourth-order valence-electron chi connectivity index (χ4n) is 2.77. The summed E-state index contributed by atoms with van der Waals surface area (Å²) in [5.41, 5.74) is 2.30. The zero-order chi connectivity index (χ0) is 16.8. The number of aryl methyl sites for hydroxylation is 1. The van der Waals surface area contributed by atoms with Gasteiger partial charge in [-0.1, -0.05) is 33.8 Å². The molecule has 0 unspecified atom stereocenters. The highest BCUT2D eigenvalue weighted by Crippen LogP contribution is 2.30. The van der Waals surface area contributed by atoms with Crippen molar-refractivity contribution in [2.75, 3.05) is 0 Å². The molecule has 0 aliphatic carbocycles. The molecule has 22 heavy (non-hydrogen) atoms. The number of hydrogen-bond donors (Lipinski definition) is 0. The second-order valence-electron chi connectivity index (χ2n) is 6.06. The molecule has 1 rings (SSSR count). The number of aromatic nitrogens is 1. The van der Waals surface area contributed by atoms with Crippen LogP contribution in [0.15, 0.2) is 23.6 Å². The standard InChI is InChI=1S/C18H31NOSSi/c1-8-14(5)18(20-22(9-2,10-3)11-4)15(6)12-17-13-21-16(7)19-17/h8,12-14,18H,1,9-11H2,2-7H3/b15-12+/t14-,18-/m0/s1. The van der Waals surface area contributed by atoms with Gasteiger partial charge in [0.15, 0.2) is 8.32 Å². The average Bonchev–Trinajstić information content (AvgIpc) is 2.93. The zero-order valence-electron chi connectivity index (χ0n) is 15.0. The van der Waals surface area contributed by atoms with Crippen LogP contribution in [0.1, 0.15) is 45.3 Å². The molecule has 1 aromatic heterocycles. The number of rotatable bonds is 9. The molecule has 4 heteroatoms. The molecule has 0 saturated carbocycles. The van der Waals surface area contributed by atoms with Gasteiger partial charge in [-0.2, -0.15) is 0 Å². The van der Waals surface area contributed by atoms with Crippen molar-refractivity contribution in [2.45, 2.75) is 65.8 Å². The van der Waals surface area contributed by atoms with E-state index in [-0.39, 0.29) is 6.10 Å². The summed E-state index contributed by atoms with van der Waals surface area (Å²) < 4.78 is 6.75. The summed E-state index contributed by atoms with van der Waals surface area (Å²) in [6, 6.07) is 3.51. The zero-order valence-corrected chi connectivity index (χ0v) is 16.8. The van der Waals surface area contributed by atoms with E-state index in [2.05, 4.69) is 57.6 Å². The van der Waals surface area contributed by atoms with Crippen LogP contribution in [0.25, 0.3) is 6.08 Å². The van der Waals surface area contributed by atoms with Crippen LogP contribution in [-0.2, 0) is 4.43 Å². The first-order chi connectivity index (χ1) is 10.4. The lowest BCUT2D eigenvalue weighted by Crippen LogP contribution is -2.42. The fourth-order valence-corrected chi connectivity index (χ4v) is 6.28. The van der Waals surface area contributed by atoms with E-state index >= 15 is 0 Å². The number of thiazole rings is 1. The van der Waals surface area contributed by atoms with Crippen LogP contribution in [0.2, 0.25) is 18.1 Å². The SMILES string of the molecule is C=C[C@H](C)[C@H](O[Si](CC)(CC)CC)/C(C)=C/c1csc(C)n1. The first-order valence-electron chi connectivity index (χ1n) is 8.32. The highest BCUT2D eigenvalue weighted by atomic mass is 32.1. The monoisotopic (exact) mass is 337 g/mol. The third kappa shape index (κ3) is 4.90. The van der Waals surface area contributed by atoms with Crippen LogP contribution in [-0.4, -0.2) is 19.4 Å².